The molecule has 1 aliphatic carbocycles. The number of benzene rings is 3. The third kappa shape index (κ3) is 6.60. The lowest BCUT2D eigenvalue weighted by molar-refractivity contribution is 0.155. The quantitative estimate of drug-likeness (QED) is 0.141. The molecule has 0 aliphatic heterocycles. The topological polar surface area (TPSA) is 9.23 Å². The molecule has 1 unspecified atom stereocenters. The van der Waals surface area contributed by atoms with Crippen LogP contribution in [0, 0.1) is 17.8 Å². The van der Waals surface area contributed by atoms with Crippen molar-refractivity contribution in [3.05, 3.63) is 91.0 Å². The van der Waals surface area contributed by atoms with Gasteiger partial charge in [0.2, 0.25) is 7.83 Å². The van der Waals surface area contributed by atoms with Crippen LogP contribution < -0.4 is 15.6 Å². The largest absolute Gasteiger partial charge is 0.396 e. The Kier molecular flexibility index (Phi) is 10.6. The molecule has 3 heteroatoms. The van der Waals surface area contributed by atoms with Gasteiger partial charge in [-0.25, -0.2) is 0 Å². The van der Waals surface area contributed by atoms with E-state index in [4.69, 9.17) is 4.43 Å². The molecule has 0 amide bonds. The summed E-state index contributed by atoms with van der Waals surface area (Å²) in [7, 11) is -4.89. The lowest BCUT2D eigenvalue weighted by Gasteiger charge is -2.46. The van der Waals surface area contributed by atoms with Crippen LogP contribution >= 0.6 is 0 Å². The van der Waals surface area contributed by atoms with Crippen LogP contribution in [0.3, 0.4) is 0 Å². The maximum Gasteiger partial charge on any atom is 0.247 e. The molecule has 0 N–H and O–H groups in total. The molecular weight excluding hydrogens is 493 g/mol. The fraction of sp³-hybridized carbons (Fsp3) is 0.429. The molecule has 3 aromatic rings. The van der Waals surface area contributed by atoms with Crippen LogP contribution in [0.2, 0.25) is 13.1 Å². The lowest BCUT2D eigenvalue weighted by atomic mass is 9.85. The average molecular weight is 539 g/mol. The molecule has 0 saturated heterocycles. The highest BCUT2D eigenvalue weighted by Crippen LogP contribution is 2.32. The Balaban J connectivity index is 1.85. The third-order valence-electron chi connectivity index (χ3n) is 8.52. The molecule has 200 valence electrons. The van der Waals surface area contributed by atoms with E-state index in [1.54, 1.807) is 0 Å². The maximum atomic E-state index is 7.82. The van der Waals surface area contributed by atoms with E-state index < -0.39 is 15.4 Å². The summed E-state index contributed by atoms with van der Waals surface area (Å²) in [5.74, 6) is 7.91. The molecule has 1 fully saturated rings. The predicted octanol–water partition coefficient (Wildman–Crippen LogP) is 7.38. The van der Waals surface area contributed by atoms with Gasteiger partial charge in [0.1, 0.15) is 13.7 Å². The van der Waals surface area contributed by atoms with Crippen LogP contribution in [0.15, 0.2) is 91.0 Å². The van der Waals surface area contributed by atoms with Crippen LogP contribution in [-0.2, 0) is 4.43 Å². The molecule has 1 aliphatic rings. The molecule has 1 saturated carbocycles. The normalized spacial score (nSPS) is 15.4. The van der Waals surface area contributed by atoms with Gasteiger partial charge in [0, 0.05) is 6.42 Å². The number of hydrogen-bond donors (Lipinski definition) is 0. The fourth-order valence-corrected chi connectivity index (χ4v) is 20.3. The van der Waals surface area contributed by atoms with Crippen molar-refractivity contribution in [1.82, 2.24) is 0 Å². The molecule has 1 nitrogen and oxygen atoms in total. The SMILES string of the molecule is CCCCCCC#CC(O[Si](c1ccccc1)(c1ccccc1)[Si](C)(C)c1ccccc1)C1CCCCC1. The first-order chi connectivity index (χ1) is 18.6. The van der Waals surface area contributed by atoms with Gasteiger partial charge in [-0.3, -0.25) is 0 Å². The van der Waals surface area contributed by atoms with Gasteiger partial charge in [-0.05, 0) is 35.6 Å². The summed E-state index contributed by atoms with van der Waals surface area (Å²) in [4.78, 5) is 0. The molecule has 0 heterocycles. The highest BCUT2D eigenvalue weighted by molar-refractivity contribution is 7.52. The van der Waals surface area contributed by atoms with E-state index in [1.165, 1.54) is 73.3 Å². The smallest absolute Gasteiger partial charge is 0.247 e. The Morgan fingerprint density at radius 2 is 1.24 bits per heavy atom. The van der Waals surface area contributed by atoms with E-state index in [-0.39, 0.29) is 6.10 Å². The van der Waals surface area contributed by atoms with Gasteiger partial charge in [-0.2, -0.15) is 0 Å². The zero-order chi connectivity index (χ0) is 26.7. The Morgan fingerprint density at radius 1 is 0.711 bits per heavy atom. The van der Waals surface area contributed by atoms with Crippen molar-refractivity contribution < 1.29 is 4.43 Å². The second-order valence-corrected chi connectivity index (χ2v) is 23.9. The van der Waals surface area contributed by atoms with Gasteiger partial charge in [0.05, 0.1) is 0 Å². The second kappa shape index (κ2) is 14.1. The number of unbranched alkanes of at least 4 members (excludes halogenated alkanes) is 4. The monoisotopic (exact) mass is 538 g/mol. The zero-order valence-corrected chi connectivity index (χ0v) is 25.8. The maximum absolute atomic E-state index is 7.82. The van der Waals surface area contributed by atoms with Gasteiger partial charge >= 0.3 is 0 Å². The van der Waals surface area contributed by atoms with E-state index in [9.17, 15) is 0 Å². The summed E-state index contributed by atoms with van der Waals surface area (Å²) in [6, 6.07) is 33.7. The van der Waals surface area contributed by atoms with Gasteiger partial charge in [0.15, 0.2) is 0 Å². The van der Waals surface area contributed by atoms with Crippen LogP contribution in [0.1, 0.15) is 71.1 Å². The third-order valence-corrected chi connectivity index (χ3v) is 23.2. The standard InChI is InChI=1S/C35H46OSi2/c1-4-5-6-7-8-21-30-35(31-22-13-9-14-23-31)36-38(33-26-17-11-18-27-33,34-28-19-12-20-29-34)37(2,3)32-24-15-10-16-25-32/h10-12,15-20,24-29,31,35H,4-9,13-14,22-23H2,1-3H3. The highest BCUT2D eigenvalue weighted by atomic mass is 29.3. The summed E-state index contributed by atoms with van der Waals surface area (Å²) in [5, 5.41) is 4.24. The first kappa shape index (κ1) is 28.6. The Labute approximate surface area is 234 Å². The van der Waals surface area contributed by atoms with E-state index in [1.807, 2.05) is 0 Å². The molecule has 1 atom stereocenters. The minimum atomic E-state index is -2.71. The summed E-state index contributed by atoms with van der Waals surface area (Å²) in [6.45, 7) is 7.36. The van der Waals surface area contributed by atoms with Crippen LogP contribution in [-0.4, -0.2) is 21.5 Å². The summed E-state index contributed by atoms with van der Waals surface area (Å²) in [5.41, 5.74) is 0. The average Bonchev–Trinajstić information content (AvgIpc) is 2.98. The second-order valence-electron chi connectivity index (χ2n) is 11.5. The van der Waals surface area contributed by atoms with E-state index >= 15 is 0 Å². The van der Waals surface area contributed by atoms with Crippen molar-refractivity contribution in [3.63, 3.8) is 0 Å². The Morgan fingerprint density at radius 3 is 1.76 bits per heavy atom. The van der Waals surface area contributed by atoms with Crippen molar-refractivity contribution in [2.75, 3.05) is 0 Å². The summed E-state index contributed by atoms with van der Waals surface area (Å²) < 4.78 is 7.82. The first-order valence-electron chi connectivity index (χ1n) is 14.9. The summed E-state index contributed by atoms with van der Waals surface area (Å²) in [6.07, 6.45) is 12.4. The van der Waals surface area contributed by atoms with E-state index in [0.717, 1.165) is 6.42 Å². The zero-order valence-electron chi connectivity index (χ0n) is 23.8. The van der Waals surface area contributed by atoms with Crippen LogP contribution in [0.25, 0.3) is 0 Å². The van der Waals surface area contributed by atoms with E-state index in [2.05, 4.69) is 123 Å². The van der Waals surface area contributed by atoms with Crippen molar-refractivity contribution in [1.29, 1.82) is 0 Å². The van der Waals surface area contributed by atoms with Crippen molar-refractivity contribution >= 4 is 31.0 Å². The fourth-order valence-electron chi connectivity index (χ4n) is 6.26. The van der Waals surface area contributed by atoms with Crippen molar-refractivity contribution in [2.45, 2.75) is 90.3 Å². The van der Waals surface area contributed by atoms with E-state index in [0.29, 0.717) is 5.92 Å². The van der Waals surface area contributed by atoms with Crippen LogP contribution in [0.4, 0.5) is 0 Å². The van der Waals surface area contributed by atoms with Crippen molar-refractivity contribution in [2.24, 2.45) is 5.92 Å². The minimum Gasteiger partial charge on any atom is -0.396 e. The molecule has 0 spiro atoms. The molecule has 0 bridgehead atoms. The highest BCUT2D eigenvalue weighted by Gasteiger charge is 2.56. The number of rotatable bonds is 11. The molecule has 38 heavy (non-hydrogen) atoms. The van der Waals surface area contributed by atoms with Gasteiger partial charge < -0.3 is 4.43 Å². The molecule has 4 rings (SSSR count). The van der Waals surface area contributed by atoms with Crippen LogP contribution in [0.5, 0.6) is 0 Å². The minimum absolute atomic E-state index is 0.0101. The predicted molar refractivity (Wildman–Crippen MR) is 169 cm³/mol. The lowest BCUT2D eigenvalue weighted by Crippen LogP contribution is -2.81. The number of hydrogen-bond acceptors (Lipinski definition) is 1. The Hall–Kier alpha value is -2.39. The molecule has 0 aromatic heterocycles. The first-order valence-corrected chi connectivity index (χ1v) is 20.8. The molecule has 3 aromatic carbocycles. The summed E-state index contributed by atoms with van der Waals surface area (Å²) >= 11 is 0. The van der Waals surface area contributed by atoms with Gasteiger partial charge in [-0.15, -0.1) is 5.92 Å². The van der Waals surface area contributed by atoms with Gasteiger partial charge in [0.25, 0.3) is 0 Å². The van der Waals surface area contributed by atoms with Crippen molar-refractivity contribution in [3.8, 4) is 11.8 Å². The molecular formula is C35H46OSi2. The molecule has 0 radical (unpaired) electrons. The Bertz CT molecular complexity index is 1100. The van der Waals surface area contributed by atoms with Gasteiger partial charge in [-0.1, -0.05) is 161 Å².